The van der Waals surface area contributed by atoms with Crippen LogP contribution in [0.3, 0.4) is 0 Å². The topological polar surface area (TPSA) is 103 Å². The summed E-state index contributed by atoms with van der Waals surface area (Å²) in [6.45, 7) is 4.09. The van der Waals surface area contributed by atoms with Gasteiger partial charge < -0.3 is 13.7 Å². The van der Waals surface area contributed by atoms with Gasteiger partial charge in [0.15, 0.2) is 21.9 Å². The van der Waals surface area contributed by atoms with Crippen molar-refractivity contribution in [1.29, 1.82) is 0 Å². The predicted molar refractivity (Wildman–Crippen MR) is 130 cm³/mol. The van der Waals surface area contributed by atoms with Crippen LogP contribution < -0.4 is 4.90 Å². The number of esters is 1. The summed E-state index contributed by atoms with van der Waals surface area (Å²) in [5, 5.41) is 9.40. The van der Waals surface area contributed by atoms with Gasteiger partial charge in [-0.1, -0.05) is 53.4 Å². The van der Waals surface area contributed by atoms with E-state index in [0.29, 0.717) is 39.0 Å². The molecule has 0 unspecified atom stereocenters. The number of ether oxygens (including phenoxy) is 1. The number of hydrogen-bond donors (Lipinski definition) is 0. The van der Waals surface area contributed by atoms with Gasteiger partial charge in [0.1, 0.15) is 4.88 Å². The molecule has 0 bridgehead atoms. The van der Waals surface area contributed by atoms with Crippen LogP contribution in [0.25, 0.3) is 11.6 Å². The van der Waals surface area contributed by atoms with Gasteiger partial charge in [-0.3, -0.25) is 9.69 Å². The normalized spacial score (nSPS) is 10.9. The molecule has 3 aromatic heterocycles. The van der Waals surface area contributed by atoms with E-state index in [1.54, 1.807) is 41.7 Å². The van der Waals surface area contributed by atoms with Crippen LogP contribution in [0, 0.1) is 6.92 Å². The van der Waals surface area contributed by atoms with Crippen LogP contribution in [0.1, 0.15) is 27.9 Å². The van der Waals surface area contributed by atoms with E-state index in [-0.39, 0.29) is 18.3 Å². The summed E-state index contributed by atoms with van der Waals surface area (Å²) in [6, 6.07) is 13.2. The van der Waals surface area contributed by atoms with Gasteiger partial charge in [0.05, 0.1) is 30.9 Å². The Morgan fingerprint density at radius 3 is 2.68 bits per heavy atom. The number of amides is 1. The first-order valence-electron chi connectivity index (χ1n) is 10.5. The third-order valence-electron chi connectivity index (χ3n) is 4.86. The van der Waals surface area contributed by atoms with Crippen molar-refractivity contribution in [3.05, 3.63) is 64.9 Å². The molecule has 0 saturated heterocycles. The number of aromatic nitrogens is 4. The van der Waals surface area contributed by atoms with Gasteiger partial charge in [-0.2, -0.15) is 0 Å². The van der Waals surface area contributed by atoms with Crippen LogP contribution in [-0.4, -0.2) is 44.0 Å². The maximum absolute atomic E-state index is 13.4. The molecule has 0 aliphatic carbocycles. The van der Waals surface area contributed by atoms with E-state index in [2.05, 4.69) is 15.2 Å². The molecule has 0 atom stereocenters. The van der Waals surface area contributed by atoms with Gasteiger partial charge in [0.25, 0.3) is 0 Å². The fourth-order valence-corrected chi connectivity index (χ4v) is 4.94. The molecule has 176 valence electrons. The Labute approximate surface area is 204 Å². The molecule has 1 aromatic carbocycles. The van der Waals surface area contributed by atoms with E-state index in [0.717, 1.165) is 16.9 Å². The number of carbonyl (C=O) groups is 2. The van der Waals surface area contributed by atoms with Crippen molar-refractivity contribution in [3.63, 3.8) is 0 Å². The summed E-state index contributed by atoms with van der Waals surface area (Å²) < 4.78 is 12.3. The minimum Gasteiger partial charge on any atom is -0.462 e. The maximum atomic E-state index is 13.4. The van der Waals surface area contributed by atoms with E-state index < -0.39 is 5.97 Å². The Morgan fingerprint density at radius 1 is 1.18 bits per heavy atom. The van der Waals surface area contributed by atoms with E-state index in [4.69, 9.17) is 9.15 Å². The zero-order chi connectivity index (χ0) is 24.1. The molecule has 0 fully saturated rings. The molecule has 4 aromatic rings. The lowest BCUT2D eigenvalue weighted by molar-refractivity contribution is -0.116. The van der Waals surface area contributed by atoms with Crippen LogP contribution in [0.2, 0.25) is 0 Å². The summed E-state index contributed by atoms with van der Waals surface area (Å²) in [6.07, 6.45) is 1.57. The van der Waals surface area contributed by atoms with Crippen molar-refractivity contribution in [2.45, 2.75) is 25.5 Å². The highest BCUT2D eigenvalue weighted by Gasteiger charge is 2.25. The maximum Gasteiger partial charge on any atom is 0.350 e. The molecule has 0 radical (unpaired) electrons. The van der Waals surface area contributed by atoms with E-state index in [1.165, 1.54) is 11.8 Å². The third-order valence-corrected chi connectivity index (χ3v) is 7.03. The number of thioether (sulfide) groups is 1. The summed E-state index contributed by atoms with van der Waals surface area (Å²) in [5.74, 6) is 0.694. The van der Waals surface area contributed by atoms with Crippen molar-refractivity contribution < 1.29 is 18.7 Å². The molecule has 1 amide bonds. The minimum atomic E-state index is -0.435. The van der Waals surface area contributed by atoms with Crippen LogP contribution in [0.5, 0.6) is 0 Å². The molecule has 0 spiro atoms. The van der Waals surface area contributed by atoms with Crippen LogP contribution in [-0.2, 0) is 23.1 Å². The summed E-state index contributed by atoms with van der Waals surface area (Å²) in [5.41, 5.74) is 1.48. The van der Waals surface area contributed by atoms with Gasteiger partial charge in [-0.15, -0.1) is 10.2 Å². The Kier molecular flexibility index (Phi) is 7.43. The van der Waals surface area contributed by atoms with Crippen LogP contribution in [0.15, 0.2) is 58.3 Å². The summed E-state index contributed by atoms with van der Waals surface area (Å²) in [4.78, 5) is 32.2. The smallest absolute Gasteiger partial charge is 0.350 e. The summed E-state index contributed by atoms with van der Waals surface area (Å²) >= 11 is 2.43. The third kappa shape index (κ3) is 5.20. The molecule has 3 heterocycles. The fraction of sp³-hybridized carbons (Fsp3) is 0.261. The lowest BCUT2D eigenvalue weighted by atomic mass is 10.2. The second kappa shape index (κ2) is 10.7. The van der Waals surface area contributed by atoms with Crippen LogP contribution >= 0.6 is 23.1 Å². The zero-order valence-corrected chi connectivity index (χ0v) is 20.6. The van der Waals surface area contributed by atoms with Crippen LogP contribution in [0.4, 0.5) is 5.13 Å². The Bertz CT molecular complexity index is 1270. The quantitative estimate of drug-likeness (QED) is 0.248. The minimum absolute atomic E-state index is 0.115. The molecule has 0 saturated carbocycles. The number of carbonyl (C=O) groups excluding carboxylic acids is 2. The number of anilines is 1. The van der Waals surface area contributed by atoms with Crippen molar-refractivity contribution >= 4 is 40.1 Å². The van der Waals surface area contributed by atoms with Crippen molar-refractivity contribution in [2.24, 2.45) is 7.05 Å². The average Bonchev–Trinajstić information content (AvgIpc) is 3.57. The highest BCUT2D eigenvalue weighted by molar-refractivity contribution is 7.99. The van der Waals surface area contributed by atoms with E-state index in [1.807, 2.05) is 37.4 Å². The standard InChI is InChI=1S/C23H23N5O4S2/c1-4-31-21(30)19-15(2)24-22(34-19)28(13-16-9-6-5-7-10-16)18(29)14-33-23-26-25-20(27(23)3)17-11-8-12-32-17/h5-12H,4,13-14H2,1-3H3. The van der Waals surface area contributed by atoms with Gasteiger partial charge in [-0.05, 0) is 31.5 Å². The largest absolute Gasteiger partial charge is 0.462 e. The number of aryl methyl sites for hydroxylation is 1. The van der Waals surface area contributed by atoms with Gasteiger partial charge in [0, 0.05) is 7.05 Å². The first-order valence-corrected chi connectivity index (χ1v) is 12.3. The molecule has 0 aliphatic rings. The molecule has 9 nitrogen and oxygen atoms in total. The molecule has 34 heavy (non-hydrogen) atoms. The lowest BCUT2D eigenvalue weighted by Crippen LogP contribution is -2.32. The molecule has 0 N–H and O–H groups in total. The summed E-state index contributed by atoms with van der Waals surface area (Å²) in [7, 11) is 1.82. The number of hydrogen-bond acceptors (Lipinski definition) is 9. The fourth-order valence-electron chi connectivity index (χ4n) is 3.18. The zero-order valence-electron chi connectivity index (χ0n) is 18.9. The lowest BCUT2D eigenvalue weighted by Gasteiger charge is -2.20. The first kappa shape index (κ1) is 23.7. The Morgan fingerprint density at radius 2 is 1.97 bits per heavy atom. The molecular formula is C23H23N5O4S2. The van der Waals surface area contributed by atoms with Gasteiger partial charge >= 0.3 is 5.97 Å². The molecule has 11 heteroatoms. The molecule has 0 aliphatic heterocycles. The number of rotatable bonds is 9. The number of benzene rings is 1. The highest BCUT2D eigenvalue weighted by Crippen LogP contribution is 2.30. The van der Waals surface area contributed by atoms with E-state index in [9.17, 15) is 9.59 Å². The Hall–Kier alpha value is -3.44. The SMILES string of the molecule is CCOC(=O)c1sc(N(Cc2ccccc2)C(=O)CSc2nnc(-c3ccco3)n2C)nc1C. The van der Waals surface area contributed by atoms with Crippen molar-refractivity contribution in [1.82, 2.24) is 19.7 Å². The highest BCUT2D eigenvalue weighted by atomic mass is 32.2. The second-order valence-electron chi connectivity index (χ2n) is 7.23. The number of furan rings is 1. The van der Waals surface area contributed by atoms with Gasteiger partial charge in [-0.25, -0.2) is 9.78 Å². The second-order valence-corrected chi connectivity index (χ2v) is 9.15. The van der Waals surface area contributed by atoms with Crippen molar-refractivity contribution in [3.8, 4) is 11.6 Å². The number of thiazole rings is 1. The molecule has 4 rings (SSSR count). The first-order chi connectivity index (χ1) is 16.5. The monoisotopic (exact) mass is 497 g/mol. The molecular weight excluding hydrogens is 474 g/mol. The number of nitrogens with zero attached hydrogens (tertiary/aromatic N) is 5. The Balaban J connectivity index is 1.55. The van der Waals surface area contributed by atoms with Crippen molar-refractivity contribution in [2.75, 3.05) is 17.3 Å². The predicted octanol–water partition coefficient (Wildman–Crippen LogP) is 4.34. The van der Waals surface area contributed by atoms with E-state index >= 15 is 0 Å². The van der Waals surface area contributed by atoms with Gasteiger partial charge in [0.2, 0.25) is 5.91 Å². The average molecular weight is 498 g/mol.